The maximum Gasteiger partial charge on any atom is 0.343 e. The Morgan fingerprint density at radius 3 is 3.00 bits per heavy atom. The highest BCUT2D eigenvalue weighted by Gasteiger charge is 2.12. The van der Waals surface area contributed by atoms with Crippen molar-refractivity contribution < 1.29 is 4.74 Å². The van der Waals surface area contributed by atoms with E-state index >= 15 is 0 Å². The van der Waals surface area contributed by atoms with Gasteiger partial charge in [-0.05, 0) is 23.3 Å². The summed E-state index contributed by atoms with van der Waals surface area (Å²) in [6.45, 7) is 4.03. The molecule has 2 aromatic heterocycles. The van der Waals surface area contributed by atoms with Crippen LogP contribution in [0.5, 0.6) is 0 Å². The zero-order chi connectivity index (χ0) is 15.1. The molecule has 0 saturated carbocycles. The number of tetrazole rings is 1. The van der Waals surface area contributed by atoms with Crippen LogP contribution >= 0.6 is 11.8 Å². The first kappa shape index (κ1) is 15.7. The van der Waals surface area contributed by atoms with Crippen LogP contribution in [0.25, 0.3) is 0 Å². The summed E-state index contributed by atoms with van der Waals surface area (Å²) in [5, 5.41) is 18.8. The number of ether oxygens (including phenoxy) is 1. The molecule has 0 spiro atoms. The number of hydrogen-bond acceptors (Lipinski definition) is 7. The summed E-state index contributed by atoms with van der Waals surface area (Å²) in [5.41, 5.74) is -0.207. The molecule has 0 bridgehead atoms. The molecule has 2 rings (SSSR count). The van der Waals surface area contributed by atoms with Gasteiger partial charge >= 0.3 is 5.69 Å². The van der Waals surface area contributed by atoms with Gasteiger partial charge in [0.15, 0.2) is 11.0 Å². The van der Waals surface area contributed by atoms with Crippen molar-refractivity contribution in [3.63, 3.8) is 0 Å². The Hall–Kier alpha value is -1.68. The second kappa shape index (κ2) is 7.93. The number of aryl methyl sites for hydroxylation is 1. The summed E-state index contributed by atoms with van der Waals surface area (Å²) in [6, 6.07) is 0. The van der Waals surface area contributed by atoms with Crippen LogP contribution in [0.3, 0.4) is 0 Å². The third-order valence-electron chi connectivity index (χ3n) is 2.83. The van der Waals surface area contributed by atoms with Gasteiger partial charge in [0.25, 0.3) is 0 Å². The van der Waals surface area contributed by atoms with E-state index in [2.05, 4.69) is 32.6 Å². The quantitative estimate of drug-likeness (QED) is 0.524. The summed E-state index contributed by atoms with van der Waals surface area (Å²) in [5.74, 6) is 1.35. The van der Waals surface area contributed by atoms with Crippen LogP contribution < -0.4 is 5.69 Å². The van der Waals surface area contributed by atoms with Gasteiger partial charge in [0, 0.05) is 26.8 Å². The molecule has 0 aliphatic heterocycles. The van der Waals surface area contributed by atoms with Crippen molar-refractivity contribution in [3.05, 3.63) is 16.3 Å². The van der Waals surface area contributed by atoms with E-state index in [1.807, 2.05) is 0 Å². The van der Waals surface area contributed by atoms with E-state index in [1.165, 1.54) is 11.8 Å². The lowest BCUT2D eigenvalue weighted by molar-refractivity contribution is 0.189. The fourth-order valence-corrected chi connectivity index (χ4v) is 2.72. The summed E-state index contributed by atoms with van der Waals surface area (Å²) < 4.78 is 8.38. The highest BCUT2D eigenvalue weighted by atomic mass is 32.2. The first-order valence-electron chi connectivity index (χ1n) is 6.78. The SMILES string of the molecule is CCCn1nnnc1CSc1n[nH]c(=O)n1CCCOC. The van der Waals surface area contributed by atoms with Crippen LogP contribution in [0, 0.1) is 0 Å². The topological polar surface area (TPSA) is 104 Å². The molecule has 2 aromatic rings. The van der Waals surface area contributed by atoms with Gasteiger partial charge < -0.3 is 4.74 Å². The van der Waals surface area contributed by atoms with Crippen molar-refractivity contribution in [2.24, 2.45) is 0 Å². The minimum Gasteiger partial charge on any atom is -0.385 e. The lowest BCUT2D eigenvalue weighted by Crippen LogP contribution is -2.18. The first-order valence-corrected chi connectivity index (χ1v) is 7.76. The molecule has 0 aliphatic carbocycles. The van der Waals surface area contributed by atoms with Crippen molar-refractivity contribution in [1.82, 2.24) is 35.0 Å². The number of aromatic amines is 1. The van der Waals surface area contributed by atoms with Gasteiger partial charge in [-0.3, -0.25) is 4.57 Å². The van der Waals surface area contributed by atoms with Crippen LogP contribution in [0.15, 0.2) is 9.95 Å². The summed E-state index contributed by atoms with van der Waals surface area (Å²) in [4.78, 5) is 11.7. The van der Waals surface area contributed by atoms with Gasteiger partial charge in [-0.2, -0.15) is 0 Å². The van der Waals surface area contributed by atoms with Crippen LogP contribution in [-0.4, -0.2) is 48.7 Å². The minimum atomic E-state index is -0.207. The van der Waals surface area contributed by atoms with E-state index in [0.29, 0.717) is 24.1 Å². The predicted molar refractivity (Wildman–Crippen MR) is 77.0 cm³/mol. The molecule has 0 amide bonds. The van der Waals surface area contributed by atoms with Gasteiger partial charge in [-0.15, -0.1) is 10.2 Å². The molecule has 0 aromatic carbocycles. The Kier molecular flexibility index (Phi) is 5.93. The summed E-state index contributed by atoms with van der Waals surface area (Å²) in [6.07, 6.45) is 1.73. The van der Waals surface area contributed by atoms with Crippen LogP contribution in [0.4, 0.5) is 0 Å². The molecule has 10 heteroatoms. The molecule has 0 atom stereocenters. The maximum absolute atomic E-state index is 11.7. The Labute approximate surface area is 126 Å². The van der Waals surface area contributed by atoms with E-state index in [0.717, 1.165) is 25.2 Å². The van der Waals surface area contributed by atoms with Crippen molar-refractivity contribution >= 4 is 11.8 Å². The van der Waals surface area contributed by atoms with Crippen LogP contribution in [0.1, 0.15) is 25.6 Å². The van der Waals surface area contributed by atoms with Gasteiger partial charge in [0.2, 0.25) is 0 Å². The van der Waals surface area contributed by atoms with Crippen molar-refractivity contribution in [2.45, 2.75) is 43.8 Å². The lowest BCUT2D eigenvalue weighted by atomic mass is 10.4. The number of methoxy groups -OCH3 is 1. The third kappa shape index (κ3) is 4.14. The first-order chi connectivity index (χ1) is 10.3. The Morgan fingerprint density at radius 1 is 1.38 bits per heavy atom. The van der Waals surface area contributed by atoms with E-state index in [4.69, 9.17) is 4.74 Å². The normalized spacial score (nSPS) is 11.1. The molecule has 1 N–H and O–H groups in total. The molecule has 0 fully saturated rings. The van der Waals surface area contributed by atoms with Crippen molar-refractivity contribution in [2.75, 3.05) is 13.7 Å². The molecule has 2 heterocycles. The number of aromatic nitrogens is 7. The number of nitrogens with zero attached hydrogens (tertiary/aromatic N) is 6. The summed E-state index contributed by atoms with van der Waals surface area (Å²) in [7, 11) is 1.64. The third-order valence-corrected chi connectivity index (χ3v) is 3.80. The zero-order valence-electron chi connectivity index (χ0n) is 12.2. The number of rotatable bonds is 9. The van der Waals surface area contributed by atoms with Gasteiger partial charge in [-0.25, -0.2) is 14.6 Å². The van der Waals surface area contributed by atoms with Crippen molar-refractivity contribution in [3.8, 4) is 0 Å². The molecular formula is C11H19N7O2S. The summed E-state index contributed by atoms with van der Waals surface area (Å²) >= 11 is 1.44. The standard InChI is InChI=1S/C11H19N7O2S/c1-3-5-18-9(12-15-16-18)8-21-11-14-13-10(19)17(11)6-4-7-20-2/h3-8H2,1-2H3,(H,13,19). The average Bonchev–Trinajstić information content (AvgIpc) is 3.05. The number of nitrogens with one attached hydrogen (secondary N) is 1. The molecule has 0 radical (unpaired) electrons. The van der Waals surface area contributed by atoms with E-state index in [-0.39, 0.29) is 5.69 Å². The Morgan fingerprint density at radius 2 is 2.24 bits per heavy atom. The Bertz CT molecular complexity index is 606. The highest BCUT2D eigenvalue weighted by molar-refractivity contribution is 7.98. The minimum absolute atomic E-state index is 0.207. The molecular weight excluding hydrogens is 294 g/mol. The molecule has 21 heavy (non-hydrogen) atoms. The zero-order valence-corrected chi connectivity index (χ0v) is 13.0. The Balaban J connectivity index is 1.99. The second-order valence-electron chi connectivity index (χ2n) is 4.42. The van der Waals surface area contributed by atoms with Crippen LogP contribution in [-0.2, 0) is 23.6 Å². The second-order valence-corrected chi connectivity index (χ2v) is 5.36. The fraction of sp³-hybridized carbons (Fsp3) is 0.727. The largest absolute Gasteiger partial charge is 0.385 e. The lowest BCUT2D eigenvalue weighted by Gasteiger charge is -2.05. The predicted octanol–water partition coefficient (Wildman–Crippen LogP) is 0.297. The molecule has 116 valence electrons. The fourth-order valence-electron chi connectivity index (χ4n) is 1.82. The smallest absolute Gasteiger partial charge is 0.343 e. The van der Waals surface area contributed by atoms with E-state index < -0.39 is 0 Å². The van der Waals surface area contributed by atoms with Crippen LogP contribution in [0.2, 0.25) is 0 Å². The monoisotopic (exact) mass is 313 g/mol. The number of H-pyrrole nitrogens is 1. The van der Waals surface area contributed by atoms with E-state index in [9.17, 15) is 4.79 Å². The molecule has 0 aliphatic rings. The number of hydrogen-bond donors (Lipinski definition) is 1. The molecule has 9 nitrogen and oxygen atoms in total. The molecule has 0 saturated heterocycles. The van der Waals surface area contributed by atoms with Crippen molar-refractivity contribution in [1.29, 1.82) is 0 Å². The highest BCUT2D eigenvalue weighted by Crippen LogP contribution is 2.18. The van der Waals surface area contributed by atoms with Gasteiger partial charge in [0.05, 0.1) is 5.75 Å². The average molecular weight is 313 g/mol. The maximum atomic E-state index is 11.7. The van der Waals surface area contributed by atoms with Gasteiger partial charge in [-0.1, -0.05) is 18.7 Å². The number of thioether (sulfide) groups is 1. The molecule has 0 unspecified atom stereocenters. The van der Waals surface area contributed by atoms with Gasteiger partial charge in [0.1, 0.15) is 0 Å². The van der Waals surface area contributed by atoms with E-state index in [1.54, 1.807) is 16.4 Å².